The van der Waals surface area contributed by atoms with Crippen LogP contribution in [0, 0.1) is 13.8 Å². The largest absolute Gasteiger partial charge is 0.253 e. The van der Waals surface area contributed by atoms with Gasteiger partial charge >= 0.3 is 0 Å². The Morgan fingerprint density at radius 1 is 1.17 bits per heavy atom. The van der Waals surface area contributed by atoms with Crippen molar-refractivity contribution in [2.24, 2.45) is 5.10 Å². The summed E-state index contributed by atoms with van der Waals surface area (Å²) < 4.78 is 1.01. The second-order valence-corrected chi connectivity index (χ2v) is 6.96. The van der Waals surface area contributed by atoms with Crippen molar-refractivity contribution >= 4 is 38.6 Å². The lowest BCUT2D eigenvalue weighted by molar-refractivity contribution is 1.28. The van der Waals surface area contributed by atoms with E-state index in [4.69, 9.17) is 0 Å². The van der Waals surface area contributed by atoms with Gasteiger partial charge in [0.25, 0.3) is 0 Å². The van der Waals surface area contributed by atoms with Gasteiger partial charge in [0.1, 0.15) is 0 Å². The topological polar surface area (TPSA) is 37.3 Å². The van der Waals surface area contributed by atoms with Gasteiger partial charge in [-0.05, 0) is 25.5 Å². The number of anilines is 1. The highest BCUT2D eigenvalue weighted by Crippen LogP contribution is 2.28. The van der Waals surface area contributed by atoms with Crippen molar-refractivity contribution in [2.45, 2.75) is 13.8 Å². The number of hydrogen-bond donors (Lipinski definition) is 1. The maximum atomic E-state index is 4.61. The van der Waals surface area contributed by atoms with E-state index in [2.05, 4.69) is 63.5 Å². The monoisotopic (exact) mass is 385 g/mol. The van der Waals surface area contributed by atoms with Gasteiger partial charge in [-0.3, -0.25) is 5.43 Å². The minimum absolute atomic E-state index is 0.781. The Labute approximate surface area is 148 Å². The van der Waals surface area contributed by atoms with Gasteiger partial charge in [-0.15, -0.1) is 11.3 Å². The molecule has 0 saturated heterocycles. The smallest absolute Gasteiger partial charge is 0.203 e. The molecule has 0 aliphatic carbocycles. The molecule has 1 N–H and O–H groups in total. The SMILES string of the molecule is Cc1ccc(-c2csc(N/N=C\c3ccccc3Br)n2)c(C)c1. The number of aryl methyl sites for hydroxylation is 2. The highest BCUT2D eigenvalue weighted by atomic mass is 79.9. The first-order chi connectivity index (χ1) is 11.1. The zero-order valence-electron chi connectivity index (χ0n) is 12.9. The molecule has 5 heteroatoms. The highest BCUT2D eigenvalue weighted by molar-refractivity contribution is 9.10. The third kappa shape index (κ3) is 3.86. The lowest BCUT2D eigenvalue weighted by Crippen LogP contribution is -1.91. The Bertz CT molecular complexity index is 855. The van der Waals surface area contributed by atoms with Crippen LogP contribution in [0.4, 0.5) is 5.13 Å². The lowest BCUT2D eigenvalue weighted by Gasteiger charge is -2.03. The summed E-state index contributed by atoms with van der Waals surface area (Å²) in [5.74, 6) is 0. The molecular formula is C18H16BrN3S. The van der Waals surface area contributed by atoms with Gasteiger partial charge in [0, 0.05) is 21.0 Å². The van der Waals surface area contributed by atoms with Crippen LogP contribution in [0.25, 0.3) is 11.3 Å². The van der Waals surface area contributed by atoms with E-state index in [9.17, 15) is 0 Å². The number of hydrogen-bond acceptors (Lipinski definition) is 4. The third-order valence-electron chi connectivity index (χ3n) is 3.43. The van der Waals surface area contributed by atoms with E-state index < -0.39 is 0 Å². The summed E-state index contributed by atoms with van der Waals surface area (Å²) in [4.78, 5) is 4.61. The molecule has 3 nitrogen and oxygen atoms in total. The normalized spacial score (nSPS) is 11.1. The Morgan fingerprint density at radius 2 is 2.00 bits per heavy atom. The van der Waals surface area contributed by atoms with Gasteiger partial charge in [0.15, 0.2) is 0 Å². The summed E-state index contributed by atoms with van der Waals surface area (Å²) in [5.41, 5.74) is 8.65. The Hall–Kier alpha value is -1.98. The molecule has 0 amide bonds. The van der Waals surface area contributed by atoms with Crippen LogP contribution in [0.3, 0.4) is 0 Å². The molecule has 0 bridgehead atoms. The zero-order chi connectivity index (χ0) is 16.2. The van der Waals surface area contributed by atoms with E-state index >= 15 is 0 Å². The average Bonchev–Trinajstić information content (AvgIpc) is 2.98. The summed E-state index contributed by atoms with van der Waals surface area (Å²) in [7, 11) is 0. The zero-order valence-corrected chi connectivity index (χ0v) is 15.3. The number of halogens is 1. The average molecular weight is 386 g/mol. The Morgan fingerprint density at radius 3 is 2.78 bits per heavy atom. The van der Waals surface area contributed by atoms with Crippen LogP contribution in [0.2, 0.25) is 0 Å². The number of hydrazone groups is 1. The molecule has 23 heavy (non-hydrogen) atoms. The molecule has 0 aliphatic heterocycles. The van der Waals surface area contributed by atoms with Crippen molar-refractivity contribution in [1.82, 2.24) is 4.98 Å². The summed E-state index contributed by atoms with van der Waals surface area (Å²) in [6.45, 7) is 4.21. The summed E-state index contributed by atoms with van der Waals surface area (Å²) in [5, 5.41) is 7.09. The minimum atomic E-state index is 0.781. The van der Waals surface area contributed by atoms with Crippen LogP contribution in [-0.2, 0) is 0 Å². The molecule has 0 atom stereocenters. The number of nitrogens with one attached hydrogen (secondary N) is 1. The number of rotatable bonds is 4. The number of thiazole rings is 1. The molecule has 0 saturated carbocycles. The van der Waals surface area contributed by atoms with Crippen LogP contribution in [-0.4, -0.2) is 11.2 Å². The fourth-order valence-electron chi connectivity index (χ4n) is 2.29. The lowest BCUT2D eigenvalue weighted by atomic mass is 10.0. The van der Waals surface area contributed by atoms with Gasteiger partial charge in [-0.1, -0.05) is 57.9 Å². The molecular weight excluding hydrogens is 370 g/mol. The minimum Gasteiger partial charge on any atom is -0.253 e. The van der Waals surface area contributed by atoms with Crippen molar-refractivity contribution in [2.75, 3.05) is 5.43 Å². The number of aromatic nitrogens is 1. The second-order valence-electron chi connectivity index (χ2n) is 5.25. The molecule has 2 aromatic carbocycles. The number of benzene rings is 2. The van der Waals surface area contributed by atoms with Crippen LogP contribution in [0.1, 0.15) is 16.7 Å². The maximum absolute atomic E-state index is 4.61. The fraction of sp³-hybridized carbons (Fsp3) is 0.111. The van der Waals surface area contributed by atoms with E-state index in [1.54, 1.807) is 17.6 Å². The van der Waals surface area contributed by atoms with Crippen LogP contribution in [0.5, 0.6) is 0 Å². The maximum Gasteiger partial charge on any atom is 0.203 e. The van der Waals surface area contributed by atoms with Gasteiger partial charge in [0.2, 0.25) is 5.13 Å². The van der Waals surface area contributed by atoms with Crippen molar-refractivity contribution in [3.8, 4) is 11.3 Å². The van der Waals surface area contributed by atoms with E-state index in [-0.39, 0.29) is 0 Å². The quantitative estimate of drug-likeness (QED) is 0.466. The standard InChI is InChI=1S/C18H16BrN3S/c1-12-7-8-15(13(2)9-12)17-11-23-18(21-17)22-20-10-14-5-3-4-6-16(14)19/h3-11H,1-2H3,(H,21,22)/b20-10-. The van der Waals surface area contributed by atoms with E-state index in [0.29, 0.717) is 0 Å². The summed E-state index contributed by atoms with van der Waals surface area (Å²) >= 11 is 5.05. The fourth-order valence-corrected chi connectivity index (χ4v) is 3.33. The van der Waals surface area contributed by atoms with E-state index in [1.165, 1.54) is 11.1 Å². The molecule has 3 rings (SSSR count). The Balaban J connectivity index is 1.74. The number of nitrogens with zero attached hydrogens (tertiary/aromatic N) is 2. The van der Waals surface area contributed by atoms with Crippen LogP contribution < -0.4 is 5.43 Å². The molecule has 3 aromatic rings. The van der Waals surface area contributed by atoms with Crippen molar-refractivity contribution in [1.29, 1.82) is 0 Å². The highest BCUT2D eigenvalue weighted by Gasteiger charge is 2.06. The molecule has 0 spiro atoms. The predicted molar refractivity (Wildman–Crippen MR) is 102 cm³/mol. The molecule has 1 aromatic heterocycles. The third-order valence-corrected chi connectivity index (χ3v) is 4.90. The molecule has 0 aliphatic rings. The van der Waals surface area contributed by atoms with E-state index in [1.807, 2.05) is 29.6 Å². The molecule has 0 radical (unpaired) electrons. The van der Waals surface area contributed by atoms with Crippen LogP contribution in [0.15, 0.2) is 57.4 Å². The van der Waals surface area contributed by atoms with Gasteiger partial charge in [-0.2, -0.15) is 5.10 Å². The summed E-state index contributed by atoms with van der Waals surface area (Å²) in [6, 6.07) is 14.3. The van der Waals surface area contributed by atoms with E-state index in [0.717, 1.165) is 26.4 Å². The first-order valence-corrected chi connectivity index (χ1v) is 8.87. The Kier molecular flexibility index (Phi) is 4.88. The first kappa shape index (κ1) is 15.9. The molecule has 1 heterocycles. The van der Waals surface area contributed by atoms with Crippen LogP contribution >= 0.6 is 27.3 Å². The summed E-state index contributed by atoms with van der Waals surface area (Å²) in [6.07, 6.45) is 1.78. The first-order valence-electron chi connectivity index (χ1n) is 7.20. The molecule has 0 unspecified atom stereocenters. The predicted octanol–water partition coefficient (Wildman–Crippen LogP) is 5.64. The van der Waals surface area contributed by atoms with Gasteiger partial charge in [-0.25, -0.2) is 4.98 Å². The van der Waals surface area contributed by atoms with Crippen molar-refractivity contribution in [3.05, 3.63) is 69.0 Å². The second kappa shape index (κ2) is 7.06. The van der Waals surface area contributed by atoms with Gasteiger partial charge in [0.05, 0.1) is 11.9 Å². The molecule has 116 valence electrons. The molecule has 0 fully saturated rings. The van der Waals surface area contributed by atoms with Crippen molar-refractivity contribution in [3.63, 3.8) is 0 Å². The van der Waals surface area contributed by atoms with Gasteiger partial charge < -0.3 is 0 Å². The van der Waals surface area contributed by atoms with Crippen molar-refractivity contribution < 1.29 is 0 Å².